The minimum absolute atomic E-state index is 0.0456. The second-order valence-electron chi connectivity index (χ2n) is 6.85. The summed E-state index contributed by atoms with van der Waals surface area (Å²) in [6.07, 6.45) is 6.92. The first-order valence-corrected chi connectivity index (χ1v) is 9.42. The van der Waals surface area contributed by atoms with Crippen LogP contribution >= 0.6 is 12.6 Å². The largest absolute Gasteiger partial charge is 0.610 e. The molecule has 1 rings (SSSR count). The van der Waals surface area contributed by atoms with Gasteiger partial charge in [-0.3, -0.25) is 0 Å². The van der Waals surface area contributed by atoms with E-state index in [1.54, 1.807) is 7.11 Å². The van der Waals surface area contributed by atoms with Crippen LogP contribution in [0.25, 0.3) is 0 Å². The van der Waals surface area contributed by atoms with Gasteiger partial charge in [0.2, 0.25) is 0 Å². The smallest absolute Gasteiger partial charge is 0.0649 e. The second-order valence-corrected chi connectivity index (χ2v) is 7.45. The normalized spacial score (nSPS) is 29.6. The number of hydrogen-bond donors (Lipinski definition) is 2. The number of ether oxygens (including phenoxy) is 2. The lowest BCUT2D eigenvalue weighted by Crippen LogP contribution is -2.42. The van der Waals surface area contributed by atoms with Crippen LogP contribution in [0.15, 0.2) is 24.2 Å². The maximum Gasteiger partial charge on any atom is 0.0649 e. The number of aliphatic hydroxyl groups excluding tert-OH is 1. The molecule has 1 heterocycles. The van der Waals surface area contributed by atoms with Crippen molar-refractivity contribution in [1.82, 2.24) is 0 Å². The Morgan fingerprint density at radius 1 is 1.46 bits per heavy atom. The third-order valence-corrected chi connectivity index (χ3v) is 5.67. The summed E-state index contributed by atoms with van der Waals surface area (Å²) in [7, 11) is 1.69. The molecule has 0 radical (unpaired) electrons. The number of methoxy groups -OCH3 is 1. The molecule has 140 valence electrons. The van der Waals surface area contributed by atoms with Gasteiger partial charge >= 0.3 is 0 Å². The molecule has 24 heavy (non-hydrogen) atoms. The van der Waals surface area contributed by atoms with E-state index in [9.17, 15) is 10.2 Å². The summed E-state index contributed by atoms with van der Waals surface area (Å²) in [5.41, 5.74) is 0. The molecule has 7 atom stereocenters. The SMILES string of the molecule is C/C=C/C[C@H](C)[C@@H](OC)[C@@H](C)[C@H](O)C[C@H]1OC([O-])=C[C@H](S)[C@H]1CC. The molecule has 0 spiro atoms. The summed E-state index contributed by atoms with van der Waals surface area (Å²) in [5, 5.41) is 22.3. The molecule has 1 aliphatic rings. The van der Waals surface area contributed by atoms with E-state index in [4.69, 9.17) is 9.47 Å². The van der Waals surface area contributed by atoms with Gasteiger partial charge in [-0.1, -0.05) is 39.3 Å². The molecule has 1 N–H and O–H groups in total. The molecular weight excluding hydrogens is 324 g/mol. The van der Waals surface area contributed by atoms with Crippen LogP contribution in [0.5, 0.6) is 0 Å². The number of aliphatic hydroxyl groups is 1. The minimum Gasteiger partial charge on any atom is -0.610 e. The summed E-state index contributed by atoms with van der Waals surface area (Å²) >= 11 is 4.49. The Bertz CT molecular complexity index is 424. The van der Waals surface area contributed by atoms with Gasteiger partial charge in [-0.25, -0.2) is 0 Å². The van der Waals surface area contributed by atoms with Gasteiger partial charge in [0.1, 0.15) is 0 Å². The van der Waals surface area contributed by atoms with Crippen molar-refractivity contribution in [1.29, 1.82) is 0 Å². The fourth-order valence-corrected chi connectivity index (χ4v) is 4.13. The Kier molecular flexibility index (Phi) is 9.24. The van der Waals surface area contributed by atoms with E-state index in [-0.39, 0.29) is 35.2 Å². The van der Waals surface area contributed by atoms with Gasteiger partial charge in [-0.2, -0.15) is 12.6 Å². The van der Waals surface area contributed by atoms with E-state index in [0.29, 0.717) is 12.3 Å². The van der Waals surface area contributed by atoms with Gasteiger partial charge in [-0.15, -0.1) is 0 Å². The highest BCUT2D eigenvalue weighted by molar-refractivity contribution is 7.81. The molecular formula is C19H33O4S-. The Labute approximate surface area is 152 Å². The highest BCUT2D eigenvalue weighted by Gasteiger charge is 2.33. The van der Waals surface area contributed by atoms with Crippen molar-refractivity contribution in [2.75, 3.05) is 7.11 Å². The Hall–Kier alpha value is -0.650. The van der Waals surface area contributed by atoms with E-state index in [2.05, 4.69) is 32.6 Å². The molecule has 0 aromatic rings. The van der Waals surface area contributed by atoms with Crippen molar-refractivity contribution in [3.05, 3.63) is 24.2 Å². The average molecular weight is 358 g/mol. The first-order valence-electron chi connectivity index (χ1n) is 8.91. The first-order chi connectivity index (χ1) is 11.3. The standard InChI is InChI=1S/C19H34O4S/c1-6-8-9-12(3)19(22-5)13(4)15(20)10-16-14(7-2)17(24)11-18(21)23-16/h6,8,11-17,19-21,24H,7,9-10H2,1-5H3/p-1/b8-6+/t12-,13-,14-,15+,16+,17-,19+/m0/s1. The van der Waals surface area contributed by atoms with E-state index < -0.39 is 6.10 Å². The van der Waals surface area contributed by atoms with E-state index in [1.165, 1.54) is 6.08 Å². The third kappa shape index (κ3) is 5.71. The van der Waals surface area contributed by atoms with Gasteiger partial charge in [-0.05, 0) is 37.7 Å². The summed E-state index contributed by atoms with van der Waals surface area (Å²) in [4.78, 5) is 0. The van der Waals surface area contributed by atoms with Crippen LogP contribution in [0.4, 0.5) is 0 Å². The minimum atomic E-state index is -0.589. The lowest BCUT2D eigenvalue weighted by Gasteiger charge is -2.42. The number of thiol groups is 1. The average Bonchev–Trinajstić information content (AvgIpc) is 2.53. The van der Waals surface area contributed by atoms with Crippen molar-refractivity contribution < 1.29 is 19.7 Å². The van der Waals surface area contributed by atoms with Crippen molar-refractivity contribution in [3.63, 3.8) is 0 Å². The fourth-order valence-electron chi connectivity index (χ4n) is 3.61. The molecule has 0 aromatic carbocycles. The van der Waals surface area contributed by atoms with Crippen molar-refractivity contribution in [2.24, 2.45) is 17.8 Å². The van der Waals surface area contributed by atoms with Crippen LogP contribution in [0, 0.1) is 17.8 Å². The number of hydrogen-bond acceptors (Lipinski definition) is 5. The molecule has 0 bridgehead atoms. The fraction of sp³-hybridized carbons (Fsp3) is 0.789. The van der Waals surface area contributed by atoms with Crippen LogP contribution in [-0.4, -0.2) is 35.8 Å². The third-order valence-electron chi connectivity index (χ3n) is 5.14. The Morgan fingerprint density at radius 2 is 2.12 bits per heavy atom. The predicted octanol–water partition coefficient (Wildman–Crippen LogP) is 2.92. The maximum atomic E-state index is 11.7. The molecule has 0 unspecified atom stereocenters. The van der Waals surface area contributed by atoms with Gasteiger partial charge < -0.3 is 19.7 Å². The molecule has 0 fully saturated rings. The quantitative estimate of drug-likeness (QED) is 0.492. The summed E-state index contributed by atoms with van der Waals surface area (Å²) in [6.45, 7) is 8.19. The topological polar surface area (TPSA) is 61.8 Å². The zero-order valence-corrected chi connectivity index (χ0v) is 16.4. The zero-order chi connectivity index (χ0) is 18.3. The molecule has 0 aliphatic carbocycles. The molecule has 5 heteroatoms. The zero-order valence-electron chi connectivity index (χ0n) is 15.5. The second kappa shape index (κ2) is 10.4. The highest BCUT2D eigenvalue weighted by atomic mass is 32.1. The molecule has 0 aromatic heterocycles. The predicted molar refractivity (Wildman–Crippen MR) is 98.7 cm³/mol. The van der Waals surface area contributed by atoms with Crippen molar-refractivity contribution in [2.45, 2.75) is 70.5 Å². The van der Waals surface area contributed by atoms with Crippen LogP contribution in [0.1, 0.15) is 47.0 Å². The summed E-state index contributed by atoms with van der Waals surface area (Å²) < 4.78 is 11.1. The van der Waals surface area contributed by atoms with Crippen LogP contribution in [-0.2, 0) is 9.47 Å². The molecule has 0 saturated heterocycles. The lowest BCUT2D eigenvalue weighted by atomic mass is 9.82. The first kappa shape index (κ1) is 21.4. The van der Waals surface area contributed by atoms with E-state index >= 15 is 0 Å². The van der Waals surface area contributed by atoms with Crippen molar-refractivity contribution >= 4 is 12.6 Å². The van der Waals surface area contributed by atoms with Crippen LogP contribution < -0.4 is 5.11 Å². The van der Waals surface area contributed by atoms with Crippen LogP contribution in [0.2, 0.25) is 0 Å². The van der Waals surface area contributed by atoms with Gasteiger partial charge in [0.25, 0.3) is 0 Å². The molecule has 4 nitrogen and oxygen atoms in total. The van der Waals surface area contributed by atoms with Gasteiger partial charge in [0, 0.05) is 30.3 Å². The van der Waals surface area contributed by atoms with Gasteiger partial charge in [0.15, 0.2) is 0 Å². The molecule has 0 saturated carbocycles. The maximum absolute atomic E-state index is 11.7. The van der Waals surface area contributed by atoms with E-state index in [0.717, 1.165) is 12.8 Å². The molecule has 0 amide bonds. The Morgan fingerprint density at radius 3 is 2.67 bits per heavy atom. The number of rotatable bonds is 9. The monoisotopic (exact) mass is 357 g/mol. The number of allylic oxidation sites excluding steroid dienone is 2. The summed E-state index contributed by atoms with van der Waals surface area (Å²) in [5.74, 6) is 0.0528. The summed E-state index contributed by atoms with van der Waals surface area (Å²) in [6, 6.07) is 0. The van der Waals surface area contributed by atoms with E-state index in [1.807, 2.05) is 19.9 Å². The van der Waals surface area contributed by atoms with Crippen molar-refractivity contribution in [3.8, 4) is 0 Å². The lowest BCUT2D eigenvalue weighted by molar-refractivity contribution is -0.369. The molecule has 1 aliphatic heterocycles. The Balaban J connectivity index is 2.73. The van der Waals surface area contributed by atoms with Gasteiger partial charge in [0.05, 0.1) is 12.2 Å². The highest BCUT2D eigenvalue weighted by Crippen LogP contribution is 2.33. The van der Waals surface area contributed by atoms with Crippen LogP contribution in [0.3, 0.4) is 0 Å².